The second-order valence-electron chi connectivity index (χ2n) is 7.03. The van der Waals surface area contributed by atoms with Gasteiger partial charge in [-0.3, -0.25) is 20.2 Å². The maximum Gasteiger partial charge on any atom is 0.293 e. The highest BCUT2D eigenvalue weighted by Gasteiger charge is 2.24. The first-order chi connectivity index (χ1) is 15.0. The lowest BCUT2D eigenvalue weighted by atomic mass is 10.1. The molecule has 11 heteroatoms. The Hall–Kier alpha value is -3.15. The molecule has 1 N–H and O–H groups in total. The van der Waals surface area contributed by atoms with Gasteiger partial charge >= 0.3 is 0 Å². The molecule has 1 aliphatic rings. The van der Waals surface area contributed by atoms with E-state index >= 15 is 0 Å². The monoisotopic (exact) mass is 455 g/mol. The number of amides is 1. The summed E-state index contributed by atoms with van der Waals surface area (Å²) in [7, 11) is 0. The minimum absolute atomic E-state index is 0.0966. The number of carbonyl (C=O) groups excluding carboxylic acids is 1. The van der Waals surface area contributed by atoms with Crippen molar-refractivity contribution in [1.29, 1.82) is 0 Å². The summed E-state index contributed by atoms with van der Waals surface area (Å²) >= 11 is 2.96. The van der Waals surface area contributed by atoms with Crippen molar-refractivity contribution in [3.05, 3.63) is 51.0 Å². The molecule has 0 bridgehead atoms. The smallest absolute Gasteiger partial charge is 0.293 e. The summed E-state index contributed by atoms with van der Waals surface area (Å²) in [6.07, 6.45) is 0. The van der Waals surface area contributed by atoms with Crippen molar-refractivity contribution in [3.63, 3.8) is 0 Å². The minimum Gasteiger partial charge on any atom is -0.378 e. The van der Waals surface area contributed by atoms with Gasteiger partial charge in [0.15, 0.2) is 5.13 Å². The van der Waals surface area contributed by atoms with Crippen LogP contribution in [0.2, 0.25) is 0 Å². The van der Waals surface area contributed by atoms with Gasteiger partial charge in [0.25, 0.3) is 11.6 Å². The molecule has 0 aliphatic carbocycles. The molecule has 0 unspecified atom stereocenters. The number of anilines is 2. The maximum atomic E-state index is 12.8. The number of morpholine rings is 1. The van der Waals surface area contributed by atoms with E-state index in [0.717, 1.165) is 25.4 Å². The third-order valence-electron chi connectivity index (χ3n) is 5.03. The molecule has 1 fully saturated rings. The summed E-state index contributed by atoms with van der Waals surface area (Å²) < 4.78 is 7.32. The third-order valence-corrected chi connectivity index (χ3v) is 7.16. The van der Waals surface area contributed by atoms with Gasteiger partial charge in [-0.05, 0) is 31.2 Å². The molecule has 158 valence electrons. The first-order valence-corrected chi connectivity index (χ1v) is 11.2. The van der Waals surface area contributed by atoms with Crippen LogP contribution < -0.4 is 10.2 Å². The van der Waals surface area contributed by atoms with Gasteiger partial charge in [0.1, 0.15) is 5.69 Å². The van der Waals surface area contributed by atoms with Gasteiger partial charge in [-0.1, -0.05) is 11.3 Å². The molecule has 2 aromatic heterocycles. The van der Waals surface area contributed by atoms with Crippen molar-refractivity contribution in [3.8, 4) is 0 Å². The summed E-state index contributed by atoms with van der Waals surface area (Å²) in [5, 5.41) is 15.8. The lowest BCUT2D eigenvalue weighted by molar-refractivity contribution is -0.384. The molecular weight excluding hydrogens is 438 g/mol. The van der Waals surface area contributed by atoms with E-state index in [-0.39, 0.29) is 11.3 Å². The van der Waals surface area contributed by atoms with Gasteiger partial charge in [-0.25, -0.2) is 9.97 Å². The largest absolute Gasteiger partial charge is 0.378 e. The number of aryl methyl sites for hydroxylation is 1. The van der Waals surface area contributed by atoms with Crippen LogP contribution in [-0.2, 0) is 4.74 Å². The average Bonchev–Trinajstić information content (AvgIpc) is 3.35. The van der Waals surface area contributed by atoms with Gasteiger partial charge in [-0.2, -0.15) is 0 Å². The first kappa shape index (κ1) is 19.8. The number of nitrogens with one attached hydrogen (secondary N) is 1. The predicted octanol–water partition coefficient (Wildman–Crippen LogP) is 4.21. The van der Waals surface area contributed by atoms with Crippen LogP contribution in [-0.4, -0.2) is 47.1 Å². The van der Waals surface area contributed by atoms with E-state index in [4.69, 9.17) is 4.74 Å². The molecule has 0 radical (unpaired) electrons. The zero-order valence-electron chi connectivity index (χ0n) is 16.5. The molecule has 0 saturated carbocycles. The first-order valence-electron chi connectivity index (χ1n) is 9.59. The van der Waals surface area contributed by atoms with Crippen LogP contribution >= 0.6 is 22.7 Å². The van der Waals surface area contributed by atoms with Crippen LogP contribution in [0.5, 0.6) is 0 Å². The Morgan fingerprint density at radius 1 is 1.13 bits per heavy atom. The summed E-state index contributed by atoms with van der Waals surface area (Å²) in [4.78, 5) is 34.9. The molecule has 1 amide bonds. The van der Waals surface area contributed by atoms with Crippen molar-refractivity contribution in [1.82, 2.24) is 9.97 Å². The number of rotatable bonds is 4. The number of carbonyl (C=O) groups is 1. The molecule has 2 aromatic carbocycles. The van der Waals surface area contributed by atoms with Crippen molar-refractivity contribution in [2.75, 3.05) is 36.5 Å². The third kappa shape index (κ3) is 3.71. The van der Waals surface area contributed by atoms with Gasteiger partial charge < -0.3 is 9.64 Å². The van der Waals surface area contributed by atoms with Crippen molar-refractivity contribution < 1.29 is 14.5 Å². The topological polar surface area (TPSA) is 110 Å². The number of nitro groups is 1. The molecule has 5 rings (SSSR count). The average molecular weight is 456 g/mol. The number of hydrogen-bond donors (Lipinski definition) is 1. The number of hydrogen-bond acceptors (Lipinski definition) is 9. The van der Waals surface area contributed by atoms with Crippen LogP contribution in [0.1, 0.15) is 15.4 Å². The molecular formula is C20H17N5O4S2. The Labute approximate surface area is 184 Å². The van der Waals surface area contributed by atoms with Crippen LogP contribution in [0.4, 0.5) is 16.5 Å². The minimum atomic E-state index is -0.456. The molecule has 1 saturated heterocycles. The summed E-state index contributed by atoms with van der Waals surface area (Å²) in [6, 6.07) is 8.34. The van der Waals surface area contributed by atoms with Crippen molar-refractivity contribution in [2.24, 2.45) is 0 Å². The van der Waals surface area contributed by atoms with Crippen LogP contribution in [0.15, 0.2) is 30.3 Å². The molecule has 31 heavy (non-hydrogen) atoms. The summed E-state index contributed by atoms with van der Waals surface area (Å²) in [5.41, 5.74) is 2.30. The Morgan fingerprint density at radius 3 is 2.58 bits per heavy atom. The van der Waals surface area contributed by atoms with Crippen LogP contribution in [0.3, 0.4) is 0 Å². The highest BCUT2D eigenvalue weighted by molar-refractivity contribution is 7.28. The zero-order valence-corrected chi connectivity index (χ0v) is 18.1. The quantitative estimate of drug-likeness (QED) is 0.362. The van der Waals surface area contributed by atoms with Gasteiger partial charge in [0.05, 0.1) is 43.6 Å². The number of fused-ring (bicyclic) bond motifs is 3. The molecule has 9 nitrogen and oxygen atoms in total. The number of thiazole rings is 2. The zero-order chi connectivity index (χ0) is 21.5. The number of aromatic nitrogens is 2. The fourth-order valence-electron chi connectivity index (χ4n) is 3.59. The second-order valence-corrected chi connectivity index (χ2v) is 9.23. The van der Waals surface area contributed by atoms with E-state index in [1.807, 2.05) is 24.0 Å². The predicted molar refractivity (Wildman–Crippen MR) is 122 cm³/mol. The standard InChI is InChI=1S/C20H17N5O4S2/c1-11-21-13-3-4-14-18(17(13)30-11)31-20(22-14)23-19(26)12-2-5-15(16(10-12)25(27)28)24-6-8-29-9-7-24/h2-5,10H,6-9H2,1H3,(H,22,23,26). The van der Waals surface area contributed by atoms with Gasteiger partial charge in [0.2, 0.25) is 0 Å². The maximum absolute atomic E-state index is 12.8. The van der Waals surface area contributed by atoms with Crippen LogP contribution in [0, 0.1) is 17.0 Å². The Bertz CT molecular complexity index is 1330. The molecule has 0 atom stereocenters. The van der Waals surface area contributed by atoms with E-state index in [1.54, 1.807) is 23.5 Å². The summed E-state index contributed by atoms with van der Waals surface area (Å²) in [5.74, 6) is -0.438. The van der Waals surface area contributed by atoms with E-state index < -0.39 is 10.8 Å². The van der Waals surface area contributed by atoms with Gasteiger partial charge in [-0.15, -0.1) is 11.3 Å². The van der Waals surface area contributed by atoms with Crippen molar-refractivity contribution in [2.45, 2.75) is 6.92 Å². The Morgan fingerprint density at radius 2 is 1.84 bits per heavy atom. The molecule has 1 aliphatic heterocycles. The van der Waals surface area contributed by atoms with Crippen molar-refractivity contribution >= 4 is 65.5 Å². The second kappa shape index (κ2) is 7.84. The van der Waals surface area contributed by atoms with Crippen LogP contribution in [0.25, 0.3) is 20.4 Å². The fourth-order valence-corrected chi connectivity index (χ4v) is 5.59. The number of nitrogens with zero attached hydrogens (tertiary/aromatic N) is 4. The Balaban J connectivity index is 1.44. The Kier molecular flexibility index (Phi) is 5.00. The highest BCUT2D eigenvalue weighted by Crippen LogP contribution is 2.36. The van der Waals surface area contributed by atoms with Gasteiger partial charge in [0, 0.05) is 24.7 Å². The fraction of sp³-hybridized carbons (Fsp3) is 0.250. The molecule has 0 spiro atoms. The van der Waals surface area contributed by atoms with E-state index in [9.17, 15) is 14.9 Å². The highest BCUT2D eigenvalue weighted by atomic mass is 32.1. The SMILES string of the molecule is Cc1nc2ccc3nc(NC(=O)c4ccc(N5CCOCC5)c([N+](=O)[O-])c4)sc3c2s1. The number of benzene rings is 2. The lowest BCUT2D eigenvalue weighted by Gasteiger charge is -2.28. The summed E-state index contributed by atoms with van der Waals surface area (Å²) in [6.45, 7) is 4.13. The van der Waals surface area contributed by atoms with E-state index in [2.05, 4.69) is 15.3 Å². The lowest BCUT2D eigenvalue weighted by Crippen LogP contribution is -2.36. The number of nitro benzene ring substituents is 1. The normalized spacial score (nSPS) is 14.3. The van der Waals surface area contributed by atoms with E-state index in [0.29, 0.717) is 37.1 Å². The number of ether oxygens (including phenoxy) is 1. The molecule has 4 aromatic rings. The van der Waals surface area contributed by atoms with E-state index in [1.165, 1.54) is 17.4 Å². The molecule has 3 heterocycles.